The number of aliphatic hydroxyl groups is 1. The molecule has 0 aromatic heterocycles. The molecule has 0 bridgehead atoms. The molecule has 0 aliphatic carbocycles. The largest absolute Gasteiger partial charge is 0.387 e. The lowest BCUT2D eigenvalue weighted by Crippen LogP contribution is -2.15. The Hall–Kier alpha value is -1.07. The number of hydrogen-bond acceptors (Lipinski definition) is 2. The zero-order chi connectivity index (χ0) is 10.0. The molecule has 1 aromatic carbocycles. The molecule has 0 aliphatic heterocycles. The maximum Gasteiger partial charge on any atom is 0.134 e. The van der Waals surface area contributed by atoms with E-state index in [4.69, 9.17) is 10.8 Å². The van der Waals surface area contributed by atoms with E-state index in [2.05, 4.69) is 0 Å². The third-order valence-corrected chi connectivity index (χ3v) is 1.60. The Balaban J connectivity index is 3.20. The second-order valence-electron chi connectivity index (χ2n) is 2.53. The number of halogens is 3. The first-order valence-corrected chi connectivity index (χ1v) is 3.59. The van der Waals surface area contributed by atoms with Gasteiger partial charge in [-0.05, 0) is 0 Å². The van der Waals surface area contributed by atoms with Gasteiger partial charge in [-0.3, -0.25) is 0 Å². The van der Waals surface area contributed by atoms with Crippen molar-refractivity contribution in [2.24, 2.45) is 5.73 Å². The van der Waals surface area contributed by atoms with Crippen molar-refractivity contribution < 1.29 is 18.3 Å². The fourth-order valence-corrected chi connectivity index (χ4v) is 0.990. The summed E-state index contributed by atoms with van der Waals surface area (Å²) >= 11 is 0. The fourth-order valence-electron chi connectivity index (χ4n) is 0.990. The molecule has 2 nitrogen and oxygen atoms in total. The second-order valence-corrected chi connectivity index (χ2v) is 2.53. The number of rotatable bonds is 2. The van der Waals surface area contributed by atoms with Crippen LogP contribution in [0.4, 0.5) is 13.2 Å². The van der Waals surface area contributed by atoms with Crippen LogP contribution in [0, 0.1) is 17.5 Å². The van der Waals surface area contributed by atoms with Crippen LogP contribution < -0.4 is 5.73 Å². The lowest BCUT2D eigenvalue weighted by molar-refractivity contribution is 0.176. The summed E-state index contributed by atoms with van der Waals surface area (Å²) < 4.78 is 38.1. The average Bonchev–Trinajstić information content (AvgIpc) is 2.02. The molecule has 3 N–H and O–H groups in total. The lowest BCUT2D eigenvalue weighted by atomic mass is 10.1. The molecule has 0 unspecified atom stereocenters. The molecule has 0 saturated carbocycles. The number of aliphatic hydroxyl groups excluding tert-OH is 1. The first-order valence-electron chi connectivity index (χ1n) is 3.59. The molecule has 0 radical (unpaired) electrons. The summed E-state index contributed by atoms with van der Waals surface area (Å²) in [5, 5.41) is 9.05. The van der Waals surface area contributed by atoms with Crippen LogP contribution in [-0.4, -0.2) is 11.7 Å². The van der Waals surface area contributed by atoms with Gasteiger partial charge in [-0.15, -0.1) is 0 Å². The maximum absolute atomic E-state index is 12.9. The van der Waals surface area contributed by atoms with Gasteiger partial charge in [0.05, 0.1) is 11.7 Å². The van der Waals surface area contributed by atoms with Crippen molar-refractivity contribution in [2.45, 2.75) is 6.10 Å². The molecule has 0 spiro atoms. The topological polar surface area (TPSA) is 46.2 Å². The third kappa shape index (κ3) is 1.99. The highest BCUT2D eigenvalue weighted by molar-refractivity contribution is 5.23. The smallest absolute Gasteiger partial charge is 0.134 e. The van der Waals surface area contributed by atoms with E-state index in [1.165, 1.54) is 0 Å². The minimum absolute atomic E-state index is 0.320. The number of hydrogen-bond donors (Lipinski definition) is 2. The van der Waals surface area contributed by atoms with E-state index in [9.17, 15) is 13.2 Å². The van der Waals surface area contributed by atoms with Gasteiger partial charge >= 0.3 is 0 Å². The number of benzene rings is 1. The van der Waals surface area contributed by atoms with Crippen LogP contribution in [0.25, 0.3) is 0 Å². The van der Waals surface area contributed by atoms with Crippen LogP contribution in [0.2, 0.25) is 0 Å². The summed E-state index contributed by atoms with van der Waals surface area (Å²) in [4.78, 5) is 0. The highest BCUT2D eigenvalue weighted by atomic mass is 19.1. The van der Waals surface area contributed by atoms with Gasteiger partial charge in [0.25, 0.3) is 0 Å². The van der Waals surface area contributed by atoms with Crippen LogP contribution in [0.5, 0.6) is 0 Å². The van der Waals surface area contributed by atoms with Gasteiger partial charge in [-0.1, -0.05) is 0 Å². The maximum atomic E-state index is 12.9. The summed E-state index contributed by atoms with van der Waals surface area (Å²) in [7, 11) is 0. The fraction of sp³-hybridized carbons (Fsp3) is 0.250. The molecule has 1 aromatic rings. The Morgan fingerprint density at radius 1 is 1.23 bits per heavy atom. The van der Waals surface area contributed by atoms with E-state index in [1.54, 1.807) is 0 Å². The van der Waals surface area contributed by atoms with Crippen LogP contribution in [-0.2, 0) is 0 Å². The Bertz CT molecular complexity index is 293. The Morgan fingerprint density at radius 3 is 2.08 bits per heavy atom. The van der Waals surface area contributed by atoms with Crippen molar-refractivity contribution >= 4 is 0 Å². The van der Waals surface area contributed by atoms with Crippen molar-refractivity contribution in [3.8, 4) is 0 Å². The SMILES string of the molecule is NC[C@H](O)c1c(F)cc(F)cc1F. The predicted molar refractivity (Wildman–Crippen MR) is 40.3 cm³/mol. The van der Waals surface area contributed by atoms with Gasteiger partial charge in [0.15, 0.2) is 0 Å². The van der Waals surface area contributed by atoms with Gasteiger partial charge in [0.2, 0.25) is 0 Å². The van der Waals surface area contributed by atoms with Crippen LogP contribution in [0.3, 0.4) is 0 Å². The van der Waals surface area contributed by atoms with Crippen molar-refractivity contribution in [3.63, 3.8) is 0 Å². The molecule has 0 amide bonds. The van der Waals surface area contributed by atoms with Gasteiger partial charge in [-0.2, -0.15) is 0 Å². The molecule has 0 saturated heterocycles. The van der Waals surface area contributed by atoms with Crippen molar-refractivity contribution in [1.29, 1.82) is 0 Å². The standard InChI is InChI=1S/C8H8F3NO/c9-4-1-5(10)8(6(11)2-4)7(13)3-12/h1-2,7,13H,3,12H2/t7-/m0/s1. The summed E-state index contributed by atoms with van der Waals surface area (Å²) in [6.07, 6.45) is -1.44. The van der Waals surface area contributed by atoms with E-state index in [0.29, 0.717) is 12.1 Å². The highest BCUT2D eigenvalue weighted by Crippen LogP contribution is 2.20. The molecular formula is C8H8F3NO. The first-order chi connectivity index (χ1) is 6.06. The summed E-state index contributed by atoms with van der Waals surface area (Å²) in [5.74, 6) is -3.28. The van der Waals surface area contributed by atoms with Crippen molar-refractivity contribution in [3.05, 3.63) is 35.1 Å². The van der Waals surface area contributed by atoms with E-state index >= 15 is 0 Å². The molecule has 0 aliphatic rings. The van der Waals surface area contributed by atoms with E-state index in [1.807, 2.05) is 0 Å². The molecule has 5 heteroatoms. The minimum Gasteiger partial charge on any atom is -0.387 e. The minimum atomic E-state index is -1.44. The summed E-state index contributed by atoms with van der Waals surface area (Å²) in [6, 6.07) is 0.995. The summed E-state index contributed by atoms with van der Waals surface area (Å²) in [6.45, 7) is -0.320. The molecule has 72 valence electrons. The quantitative estimate of drug-likeness (QED) is 0.735. The van der Waals surface area contributed by atoms with Gasteiger partial charge in [0, 0.05) is 18.7 Å². The van der Waals surface area contributed by atoms with Crippen LogP contribution >= 0.6 is 0 Å². The Labute approximate surface area is 72.8 Å². The van der Waals surface area contributed by atoms with Crippen molar-refractivity contribution in [2.75, 3.05) is 6.54 Å². The van der Waals surface area contributed by atoms with E-state index in [-0.39, 0.29) is 6.54 Å². The molecule has 1 rings (SSSR count). The lowest BCUT2D eigenvalue weighted by Gasteiger charge is -2.10. The molecule has 0 fully saturated rings. The summed E-state index contributed by atoms with van der Waals surface area (Å²) in [5.41, 5.74) is 4.41. The van der Waals surface area contributed by atoms with E-state index in [0.717, 1.165) is 0 Å². The van der Waals surface area contributed by atoms with Crippen LogP contribution in [0.1, 0.15) is 11.7 Å². The molecular weight excluding hydrogens is 183 g/mol. The van der Waals surface area contributed by atoms with Gasteiger partial charge < -0.3 is 10.8 Å². The highest BCUT2D eigenvalue weighted by Gasteiger charge is 2.17. The zero-order valence-electron chi connectivity index (χ0n) is 6.60. The Morgan fingerprint density at radius 2 is 1.69 bits per heavy atom. The molecule has 1 atom stereocenters. The zero-order valence-corrected chi connectivity index (χ0v) is 6.60. The number of nitrogens with two attached hydrogens (primary N) is 1. The van der Waals surface area contributed by atoms with Gasteiger partial charge in [0.1, 0.15) is 17.5 Å². The Kier molecular flexibility index (Phi) is 2.90. The first kappa shape index (κ1) is 10.0. The predicted octanol–water partition coefficient (Wildman–Crippen LogP) is 1.10. The van der Waals surface area contributed by atoms with E-state index < -0.39 is 29.1 Å². The van der Waals surface area contributed by atoms with Gasteiger partial charge in [-0.25, -0.2) is 13.2 Å². The third-order valence-electron chi connectivity index (χ3n) is 1.60. The average molecular weight is 191 g/mol. The molecule has 0 heterocycles. The van der Waals surface area contributed by atoms with Crippen LogP contribution in [0.15, 0.2) is 12.1 Å². The monoisotopic (exact) mass is 191 g/mol. The normalized spacial score (nSPS) is 13.0. The molecule has 13 heavy (non-hydrogen) atoms. The second kappa shape index (κ2) is 3.76. The van der Waals surface area contributed by atoms with Crippen molar-refractivity contribution in [1.82, 2.24) is 0 Å².